The summed E-state index contributed by atoms with van der Waals surface area (Å²) < 4.78 is 0. The first-order valence-corrected chi connectivity index (χ1v) is 3.69. The molecule has 0 unspecified atom stereocenters. The molecule has 2 aromatic rings. The molecule has 0 saturated carbocycles. The Bertz CT molecular complexity index is 489. The first-order valence-electron chi connectivity index (χ1n) is 3.69. The number of rotatable bonds is 1. The molecule has 0 aliphatic heterocycles. The number of hydrogen-bond donors (Lipinski definition) is 0. The van der Waals surface area contributed by atoms with Crippen LogP contribution in [0.4, 0.5) is 5.69 Å². The van der Waals surface area contributed by atoms with Crippen molar-refractivity contribution in [3.05, 3.63) is 30.6 Å². The van der Waals surface area contributed by atoms with Crippen LogP contribution in [0.15, 0.2) is 35.6 Å². The van der Waals surface area contributed by atoms with Crippen molar-refractivity contribution in [2.75, 3.05) is 0 Å². The van der Waals surface area contributed by atoms with Crippen LogP contribution in [0.3, 0.4) is 0 Å². The van der Waals surface area contributed by atoms with Gasteiger partial charge in [0.2, 0.25) is 6.08 Å². The Morgan fingerprint density at radius 3 is 2.69 bits per heavy atom. The van der Waals surface area contributed by atoms with Crippen molar-refractivity contribution >= 4 is 22.8 Å². The van der Waals surface area contributed by atoms with Gasteiger partial charge in [-0.2, -0.15) is 4.99 Å². The van der Waals surface area contributed by atoms with E-state index in [1.54, 1.807) is 30.6 Å². The summed E-state index contributed by atoms with van der Waals surface area (Å²) in [5.41, 5.74) is 2.05. The number of isocyanates is 1. The van der Waals surface area contributed by atoms with Crippen LogP contribution in [-0.2, 0) is 4.79 Å². The highest BCUT2D eigenvalue weighted by Gasteiger charge is 1.95. The zero-order chi connectivity index (χ0) is 9.10. The Morgan fingerprint density at radius 1 is 1.15 bits per heavy atom. The van der Waals surface area contributed by atoms with E-state index >= 15 is 0 Å². The minimum absolute atomic E-state index is 0.544. The topological polar surface area (TPSA) is 55.2 Å². The maximum Gasteiger partial charge on any atom is 0.240 e. The molecular formula is C9H5N3O. The molecule has 62 valence electrons. The molecule has 1 aromatic heterocycles. The Balaban J connectivity index is 2.68. The lowest BCUT2D eigenvalue weighted by molar-refractivity contribution is 0.565. The van der Waals surface area contributed by atoms with Crippen LogP contribution in [0.5, 0.6) is 0 Å². The molecule has 4 nitrogen and oxygen atoms in total. The summed E-state index contributed by atoms with van der Waals surface area (Å²) in [6.45, 7) is 0. The molecule has 1 heterocycles. The van der Waals surface area contributed by atoms with Gasteiger partial charge in [0.15, 0.2) is 0 Å². The predicted molar refractivity (Wildman–Crippen MR) is 47.3 cm³/mol. The van der Waals surface area contributed by atoms with Crippen molar-refractivity contribution in [2.24, 2.45) is 4.99 Å². The number of carbonyl (C=O) groups excluding carboxylic acids is 1. The van der Waals surface area contributed by atoms with Crippen LogP contribution in [0.2, 0.25) is 0 Å². The van der Waals surface area contributed by atoms with E-state index in [1.807, 2.05) is 0 Å². The normalized spacial score (nSPS) is 9.54. The largest absolute Gasteiger partial charge is 0.253 e. The van der Waals surface area contributed by atoms with Crippen molar-refractivity contribution in [1.82, 2.24) is 9.97 Å². The lowest BCUT2D eigenvalue weighted by atomic mass is 10.3. The molecule has 0 amide bonds. The van der Waals surface area contributed by atoms with E-state index in [0.29, 0.717) is 5.69 Å². The molecule has 0 aliphatic carbocycles. The van der Waals surface area contributed by atoms with Gasteiger partial charge in [-0.15, -0.1) is 0 Å². The summed E-state index contributed by atoms with van der Waals surface area (Å²) in [4.78, 5) is 21.6. The molecule has 0 atom stereocenters. The number of aromatic nitrogens is 2. The zero-order valence-corrected chi connectivity index (χ0v) is 6.64. The van der Waals surface area contributed by atoms with Gasteiger partial charge in [0.05, 0.1) is 16.7 Å². The number of benzene rings is 1. The molecule has 1 aromatic carbocycles. The van der Waals surface area contributed by atoms with Gasteiger partial charge < -0.3 is 0 Å². The fourth-order valence-corrected chi connectivity index (χ4v) is 1.07. The van der Waals surface area contributed by atoms with Crippen molar-refractivity contribution in [3.8, 4) is 0 Å². The quantitative estimate of drug-likeness (QED) is 0.483. The smallest absolute Gasteiger partial charge is 0.240 e. The van der Waals surface area contributed by atoms with Crippen molar-refractivity contribution in [3.63, 3.8) is 0 Å². The average molecular weight is 171 g/mol. The Morgan fingerprint density at radius 2 is 1.92 bits per heavy atom. The lowest BCUT2D eigenvalue weighted by Gasteiger charge is -1.94. The van der Waals surface area contributed by atoms with Gasteiger partial charge in [-0.25, -0.2) is 4.79 Å². The molecule has 0 aliphatic rings. The summed E-state index contributed by atoms with van der Waals surface area (Å²) in [6, 6.07) is 5.15. The number of fused-ring (bicyclic) bond motifs is 1. The zero-order valence-electron chi connectivity index (χ0n) is 6.64. The third kappa shape index (κ3) is 1.43. The molecule has 0 saturated heterocycles. The molecule has 0 radical (unpaired) electrons. The molecule has 0 N–H and O–H groups in total. The van der Waals surface area contributed by atoms with E-state index in [9.17, 15) is 4.79 Å². The Labute approximate surface area is 74.0 Å². The van der Waals surface area contributed by atoms with Crippen molar-refractivity contribution in [2.45, 2.75) is 0 Å². The van der Waals surface area contributed by atoms with Crippen LogP contribution in [-0.4, -0.2) is 16.0 Å². The van der Waals surface area contributed by atoms with E-state index in [4.69, 9.17) is 0 Å². The summed E-state index contributed by atoms with van der Waals surface area (Å²) >= 11 is 0. The highest BCUT2D eigenvalue weighted by atomic mass is 16.1. The number of nitrogens with zero attached hydrogens (tertiary/aromatic N) is 3. The van der Waals surface area contributed by atoms with Gasteiger partial charge in [-0.05, 0) is 18.2 Å². The lowest BCUT2D eigenvalue weighted by Crippen LogP contribution is -1.80. The van der Waals surface area contributed by atoms with Crippen LogP contribution in [0.1, 0.15) is 0 Å². The van der Waals surface area contributed by atoms with Crippen LogP contribution < -0.4 is 0 Å². The minimum atomic E-state index is 0.544. The second-order valence-electron chi connectivity index (χ2n) is 2.43. The third-order valence-corrected chi connectivity index (χ3v) is 1.63. The fraction of sp³-hybridized carbons (Fsp3) is 0. The SMILES string of the molecule is O=C=Nc1ccc2nccnc2c1. The van der Waals surface area contributed by atoms with Crippen LogP contribution >= 0.6 is 0 Å². The van der Waals surface area contributed by atoms with Crippen LogP contribution in [0.25, 0.3) is 11.0 Å². The van der Waals surface area contributed by atoms with E-state index in [0.717, 1.165) is 11.0 Å². The van der Waals surface area contributed by atoms with Gasteiger partial charge >= 0.3 is 0 Å². The number of aliphatic imine (C=N–C) groups is 1. The molecule has 0 spiro atoms. The monoisotopic (exact) mass is 171 g/mol. The van der Waals surface area contributed by atoms with Gasteiger partial charge in [-0.3, -0.25) is 9.97 Å². The highest BCUT2D eigenvalue weighted by Crippen LogP contribution is 2.16. The molecule has 0 fully saturated rings. The van der Waals surface area contributed by atoms with Gasteiger partial charge in [0, 0.05) is 12.4 Å². The van der Waals surface area contributed by atoms with Crippen molar-refractivity contribution in [1.29, 1.82) is 0 Å². The second kappa shape index (κ2) is 3.13. The summed E-state index contributed by atoms with van der Waals surface area (Å²) in [6.07, 6.45) is 4.69. The van der Waals surface area contributed by atoms with E-state index in [2.05, 4.69) is 15.0 Å². The first kappa shape index (κ1) is 7.58. The predicted octanol–water partition coefficient (Wildman–Crippen LogP) is 1.60. The Kier molecular flexibility index (Phi) is 1.82. The van der Waals surface area contributed by atoms with Gasteiger partial charge in [-0.1, -0.05) is 0 Å². The van der Waals surface area contributed by atoms with Crippen molar-refractivity contribution < 1.29 is 4.79 Å². The van der Waals surface area contributed by atoms with Crippen LogP contribution in [0, 0.1) is 0 Å². The standard InChI is InChI=1S/C9H5N3O/c13-6-12-7-1-2-8-9(5-7)11-4-3-10-8/h1-5H. The minimum Gasteiger partial charge on any atom is -0.253 e. The fourth-order valence-electron chi connectivity index (χ4n) is 1.07. The maximum atomic E-state index is 9.98. The summed E-state index contributed by atoms with van der Waals surface area (Å²) in [7, 11) is 0. The maximum absolute atomic E-state index is 9.98. The molecule has 4 heteroatoms. The molecule has 13 heavy (non-hydrogen) atoms. The van der Waals surface area contributed by atoms with E-state index in [-0.39, 0.29) is 0 Å². The molecule has 0 bridgehead atoms. The molecule has 2 rings (SSSR count). The third-order valence-electron chi connectivity index (χ3n) is 1.63. The second-order valence-corrected chi connectivity index (χ2v) is 2.43. The number of hydrogen-bond acceptors (Lipinski definition) is 4. The van der Waals surface area contributed by atoms with E-state index in [1.165, 1.54) is 6.08 Å². The summed E-state index contributed by atoms with van der Waals surface area (Å²) in [5.74, 6) is 0. The highest BCUT2D eigenvalue weighted by molar-refractivity contribution is 5.77. The van der Waals surface area contributed by atoms with E-state index < -0.39 is 0 Å². The summed E-state index contributed by atoms with van der Waals surface area (Å²) in [5, 5.41) is 0. The molecular weight excluding hydrogens is 166 g/mol. The van der Waals surface area contributed by atoms with Gasteiger partial charge in [0.1, 0.15) is 0 Å². The Hall–Kier alpha value is -2.06. The first-order chi connectivity index (χ1) is 6.40. The average Bonchev–Trinajstić information content (AvgIpc) is 2.18. The van der Waals surface area contributed by atoms with Gasteiger partial charge in [0.25, 0.3) is 0 Å².